The fourth-order valence-electron chi connectivity index (χ4n) is 2.71. The number of anilines is 1. The number of pyridine rings is 1. The molecule has 3 rings (SSSR count). The van der Waals surface area contributed by atoms with E-state index in [0.717, 1.165) is 27.6 Å². The van der Waals surface area contributed by atoms with Crippen LogP contribution in [0.3, 0.4) is 0 Å². The van der Waals surface area contributed by atoms with E-state index in [2.05, 4.69) is 10.3 Å². The number of carbonyl (C=O) groups excluding carboxylic acids is 1. The number of halogens is 1. The van der Waals surface area contributed by atoms with Crippen LogP contribution in [0.4, 0.5) is 10.5 Å². The lowest BCUT2D eigenvalue weighted by Crippen LogP contribution is -2.33. The maximum atomic E-state index is 12.7. The number of nitrogens with one attached hydrogen (secondary N) is 1. The summed E-state index contributed by atoms with van der Waals surface area (Å²) in [6.07, 6.45) is 1.79. The van der Waals surface area contributed by atoms with Gasteiger partial charge in [0.05, 0.1) is 11.1 Å². The molecule has 0 saturated carbocycles. The van der Waals surface area contributed by atoms with Gasteiger partial charge in [-0.25, -0.2) is 9.78 Å². The van der Waals surface area contributed by atoms with Crippen molar-refractivity contribution >= 4 is 35.1 Å². The third kappa shape index (κ3) is 5.50. The molecule has 0 aliphatic rings. The number of benzene rings is 2. The van der Waals surface area contributed by atoms with Gasteiger partial charge in [-0.3, -0.25) is 0 Å². The molecule has 4 nitrogen and oxygen atoms in total. The van der Waals surface area contributed by atoms with Crippen molar-refractivity contribution in [1.82, 2.24) is 9.88 Å². The predicted octanol–water partition coefficient (Wildman–Crippen LogP) is 6.25. The van der Waals surface area contributed by atoms with Gasteiger partial charge < -0.3 is 10.2 Å². The summed E-state index contributed by atoms with van der Waals surface area (Å²) in [5.41, 5.74) is 2.89. The summed E-state index contributed by atoms with van der Waals surface area (Å²) in [5, 5.41) is 4.62. The van der Waals surface area contributed by atoms with Crippen molar-refractivity contribution in [2.24, 2.45) is 0 Å². The van der Waals surface area contributed by atoms with E-state index < -0.39 is 0 Å². The zero-order valence-corrected chi connectivity index (χ0v) is 17.4. The number of hydrogen-bond acceptors (Lipinski definition) is 3. The Morgan fingerprint density at radius 2 is 1.96 bits per heavy atom. The number of amides is 2. The Kier molecular flexibility index (Phi) is 6.95. The highest BCUT2D eigenvalue weighted by Crippen LogP contribution is 2.24. The van der Waals surface area contributed by atoms with Crippen LogP contribution in [-0.2, 0) is 5.75 Å². The molecule has 1 unspecified atom stereocenters. The van der Waals surface area contributed by atoms with Gasteiger partial charge in [-0.15, -0.1) is 11.8 Å². The van der Waals surface area contributed by atoms with Crippen molar-refractivity contribution in [3.63, 3.8) is 0 Å². The van der Waals surface area contributed by atoms with Crippen LogP contribution < -0.4 is 5.32 Å². The number of hydrogen-bond donors (Lipinski definition) is 1. The Bertz CT molecular complexity index is 936. The third-order valence-corrected chi connectivity index (χ3v) is 5.69. The molecule has 3 aromatic rings. The van der Waals surface area contributed by atoms with Crippen LogP contribution in [0.2, 0.25) is 5.02 Å². The summed E-state index contributed by atoms with van der Waals surface area (Å²) in [6.45, 7) is 1.98. The molecule has 1 aromatic heterocycles. The molecule has 0 spiro atoms. The van der Waals surface area contributed by atoms with Crippen LogP contribution in [-0.4, -0.2) is 23.0 Å². The highest BCUT2D eigenvalue weighted by Gasteiger charge is 2.17. The summed E-state index contributed by atoms with van der Waals surface area (Å²) >= 11 is 7.73. The van der Waals surface area contributed by atoms with Crippen LogP contribution in [0.1, 0.15) is 24.1 Å². The van der Waals surface area contributed by atoms with Crippen LogP contribution in [0, 0.1) is 0 Å². The molecule has 0 aliphatic carbocycles. The molecule has 144 valence electrons. The zero-order chi connectivity index (χ0) is 19.9. The second kappa shape index (κ2) is 9.62. The normalized spacial score (nSPS) is 11.7. The van der Waals surface area contributed by atoms with E-state index in [1.165, 1.54) is 0 Å². The maximum absolute atomic E-state index is 12.7. The smallest absolute Gasteiger partial charge is 0.321 e. The Morgan fingerprint density at radius 3 is 2.71 bits per heavy atom. The van der Waals surface area contributed by atoms with E-state index in [1.807, 2.05) is 73.7 Å². The zero-order valence-electron chi connectivity index (χ0n) is 15.8. The second-order valence-corrected chi connectivity index (χ2v) is 7.86. The minimum absolute atomic E-state index is 0.0957. The molecule has 0 saturated heterocycles. The quantitative estimate of drug-likeness (QED) is 0.487. The Morgan fingerprint density at radius 1 is 1.14 bits per heavy atom. The second-order valence-electron chi connectivity index (χ2n) is 6.43. The lowest BCUT2D eigenvalue weighted by molar-refractivity contribution is 0.208. The molecule has 6 heteroatoms. The van der Waals surface area contributed by atoms with E-state index >= 15 is 0 Å². The molecule has 2 aromatic carbocycles. The minimum atomic E-state index is -0.165. The van der Waals surface area contributed by atoms with Crippen molar-refractivity contribution in [3.05, 3.63) is 89.1 Å². The summed E-state index contributed by atoms with van der Waals surface area (Å²) in [6, 6.07) is 21.1. The molecule has 1 N–H and O–H groups in total. The molecule has 28 heavy (non-hydrogen) atoms. The summed E-state index contributed by atoms with van der Waals surface area (Å²) in [7, 11) is 1.78. The highest BCUT2D eigenvalue weighted by atomic mass is 35.5. The maximum Gasteiger partial charge on any atom is 0.322 e. The molecular formula is C22H22ClN3OS. The van der Waals surface area contributed by atoms with Crippen molar-refractivity contribution in [2.45, 2.75) is 23.7 Å². The number of rotatable bonds is 6. The van der Waals surface area contributed by atoms with Crippen LogP contribution in [0.15, 0.2) is 78.0 Å². The van der Waals surface area contributed by atoms with Crippen LogP contribution >= 0.6 is 23.4 Å². The van der Waals surface area contributed by atoms with Crippen LogP contribution in [0.25, 0.3) is 0 Å². The van der Waals surface area contributed by atoms with Crippen molar-refractivity contribution in [3.8, 4) is 0 Å². The predicted molar refractivity (Wildman–Crippen MR) is 117 cm³/mol. The molecule has 2 amide bonds. The Labute approximate surface area is 174 Å². The number of urea groups is 1. The van der Waals surface area contributed by atoms with Crippen molar-refractivity contribution in [2.75, 3.05) is 12.4 Å². The van der Waals surface area contributed by atoms with Crippen molar-refractivity contribution in [1.29, 1.82) is 0 Å². The standard InChI is InChI=1S/C22H22ClN3OS/c1-16(18-8-6-9-19(23)14-18)26(2)22(27)25-20-10-5-7-17(13-20)15-28-21-11-3-4-12-24-21/h3-14,16H,15H2,1-2H3,(H,25,27). The van der Waals surface area contributed by atoms with Gasteiger partial charge in [0.1, 0.15) is 0 Å². The van der Waals surface area contributed by atoms with E-state index in [9.17, 15) is 4.79 Å². The van der Waals surface area contributed by atoms with Gasteiger partial charge in [0.15, 0.2) is 0 Å². The number of aromatic nitrogens is 1. The van der Waals surface area contributed by atoms with Gasteiger partial charge >= 0.3 is 6.03 Å². The third-order valence-electron chi connectivity index (χ3n) is 4.44. The summed E-state index contributed by atoms with van der Waals surface area (Å²) in [5.74, 6) is 0.787. The number of carbonyl (C=O) groups is 1. The topological polar surface area (TPSA) is 45.2 Å². The van der Waals surface area contributed by atoms with Gasteiger partial charge in [0.25, 0.3) is 0 Å². The fourth-order valence-corrected chi connectivity index (χ4v) is 3.71. The molecule has 1 heterocycles. The lowest BCUT2D eigenvalue weighted by atomic mass is 10.1. The first-order valence-electron chi connectivity index (χ1n) is 8.95. The summed E-state index contributed by atoms with van der Waals surface area (Å²) in [4.78, 5) is 18.7. The first-order valence-corrected chi connectivity index (χ1v) is 10.3. The van der Waals surface area contributed by atoms with Gasteiger partial charge in [0, 0.05) is 29.7 Å². The van der Waals surface area contributed by atoms with Crippen molar-refractivity contribution < 1.29 is 4.79 Å². The summed E-state index contributed by atoms with van der Waals surface area (Å²) < 4.78 is 0. The average molecular weight is 412 g/mol. The molecule has 0 radical (unpaired) electrons. The van der Waals surface area contributed by atoms with E-state index in [-0.39, 0.29) is 12.1 Å². The minimum Gasteiger partial charge on any atom is -0.321 e. The first-order chi connectivity index (χ1) is 13.5. The SMILES string of the molecule is CC(c1cccc(Cl)c1)N(C)C(=O)Nc1cccc(CSc2ccccn2)c1. The molecule has 1 atom stereocenters. The van der Waals surface area contributed by atoms with E-state index in [4.69, 9.17) is 11.6 Å². The van der Waals surface area contributed by atoms with Crippen LogP contribution in [0.5, 0.6) is 0 Å². The molecule has 0 bridgehead atoms. The Balaban J connectivity index is 1.61. The molecular weight excluding hydrogens is 390 g/mol. The molecule has 0 aliphatic heterocycles. The van der Waals surface area contributed by atoms with Gasteiger partial charge in [0.2, 0.25) is 0 Å². The molecule has 0 fully saturated rings. The van der Waals surface area contributed by atoms with Gasteiger partial charge in [-0.1, -0.05) is 41.9 Å². The number of nitrogens with zero attached hydrogens (tertiary/aromatic N) is 2. The van der Waals surface area contributed by atoms with Gasteiger partial charge in [-0.05, 0) is 54.4 Å². The lowest BCUT2D eigenvalue weighted by Gasteiger charge is -2.26. The average Bonchev–Trinajstić information content (AvgIpc) is 2.72. The number of thioether (sulfide) groups is 1. The van der Waals surface area contributed by atoms with E-state index in [1.54, 1.807) is 29.9 Å². The largest absolute Gasteiger partial charge is 0.322 e. The van der Waals surface area contributed by atoms with E-state index in [0.29, 0.717) is 5.02 Å². The fraction of sp³-hybridized carbons (Fsp3) is 0.182. The Hall–Kier alpha value is -2.50. The highest BCUT2D eigenvalue weighted by molar-refractivity contribution is 7.98. The van der Waals surface area contributed by atoms with Gasteiger partial charge in [-0.2, -0.15) is 0 Å². The monoisotopic (exact) mass is 411 g/mol. The first kappa shape index (κ1) is 20.2.